The smallest absolute Gasteiger partial charge is 0.358 e. The van der Waals surface area contributed by atoms with Gasteiger partial charge in [-0.05, 0) is 70.7 Å². The summed E-state index contributed by atoms with van der Waals surface area (Å²) in [6, 6.07) is 19.1. The minimum absolute atomic E-state index is 0. The van der Waals surface area contributed by atoms with E-state index in [0.717, 1.165) is 28.4 Å². The number of aryl methyl sites for hydroxylation is 6. The molecule has 0 aliphatic heterocycles. The van der Waals surface area contributed by atoms with Crippen molar-refractivity contribution in [2.45, 2.75) is 48.5 Å². The average molecular weight is 456 g/mol. The van der Waals surface area contributed by atoms with Crippen LogP contribution in [-0.4, -0.2) is 11.4 Å². The number of nitrogens with zero attached hydrogens (tertiary/aromatic N) is 2. The molecule has 3 rings (SSSR count). The zero-order valence-corrected chi connectivity index (χ0v) is 20.9. The molecule has 0 bridgehead atoms. The van der Waals surface area contributed by atoms with Crippen LogP contribution in [0.25, 0.3) is 0 Å². The summed E-state index contributed by atoms with van der Waals surface area (Å²) in [5, 5.41) is 0. The minimum atomic E-state index is 0. The van der Waals surface area contributed by atoms with Crippen molar-refractivity contribution in [1.82, 2.24) is 0 Å². The summed E-state index contributed by atoms with van der Waals surface area (Å²) in [7, 11) is 0. The van der Waals surface area contributed by atoms with Crippen LogP contribution in [0, 0.1) is 49.0 Å². The molecule has 164 valence electrons. The number of hydrogen-bond donors (Lipinski definition) is 0. The van der Waals surface area contributed by atoms with Crippen molar-refractivity contribution in [1.29, 1.82) is 0 Å². The topological polar surface area (TPSA) is 24.7 Å². The van der Waals surface area contributed by atoms with Gasteiger partial charge in [0.15, 0.2) is 0 Å². The first-order chi connectivity index (χ1) is 13.8. The summed E-state index contributed by atoms with van der Waals surface area (Å²) in [5.41, 5.74) is 12.3. The van der Waals surface area contributed by atoms with Gasteiger partial charge in [-0.1, -0.05) is 65.7 Å². The summed E-state index contributed by atoms with van der Waals surface area (Å²) < 4.78 is 0. The Kier molecular flexibility index (Phi) is 9.59. The van der Waals surface area contributed by atoms with Gasteiger partial charge in [0.25, 0.3) is 0 Å². The summed E-state index contributed by atoms with van der Waals surface area (Å²) in [5.74, 6) is 0. The zero-order chi connectivity index (χ0) is 21.1. The van der Waals surface area contributed by atoms with Crippen molar-refractivity contribution in [3.63, 3.8) is 0 Å². The Morgan fingerprint density at radius 1 is 0.613 bits per heavy atom. The van der Waals surface area contributed by atoms with E-state index < -0.39 is 0 Å². The van der Waals surface area contributed by atoms with E-state index in [-0.39, 0.29) is 23.9 Å². The van der Waals surface area contributed by atoms with Gasteiger partial charge in [0.05, 0.1) is 22.8 Å². The second kappa shape index (κ2) is 11.2. The third-order valence-electron chi connectivity index (χ3n) is 5.16. The van der Waals surface area contributed by atoms with Crippen LogP contribution in [0.15, 0.2) is 64.6 Å². The molecular weight excluding hydrogens is 423 g/mol. The molecule has 0 aliphatic carbocycles. The quantitative estimate of drug-likeness (QED) is 0.217. The Hall–Kier alpha value is -2.51. The summed E-state index contributed by atoms with van der Waals surface area (Å²) >= 11 is 0. The van der Waals surface area contributed by atoms with Crippen molar-refractivity contribution >= 4 is 22.8 Å². The van der Waals surface area contributed by atoms with Crippen molar-refractivity contribution in [3.05, 3.63) is 101 Å². The van der Waals surface area contributed by atoms with E-state index in [0.29, 0.717) is 0 Å². The Balaban J connectivity index is 0.00000240. The van der Waals surface area contributed by atoms with Crippen LogP contribution in [0.1, 0.15) is 45.9 Å². The number of benzene rings is 3. The van der Waals surface area contributed by atoms with Crippen LogP contribution >= 0.6 is 0 Å². The van der Waals surface area contributed by atoms with Gasteiger partial charge >= 0.3 is 16.5 Å². The average Bonchev–Trinajstić information content (AvgIpc) is 2.64. The monoisotopic (exact) mass is 455 g/mol. The maximum absolute atomic E-state index is 5.13. The minimum Gasteiger partial charge on any atom is -0.358 e. The third-order valence-corrected chi connectivity index (χ3v) is 5.16. The molecule has 2 nitrogen and oxygen atoms in total. The van der Waals surface area contributed by atoms with Gasteiger partial charge in [0.1, 0.15) is 0 Å². The first kappa shape index (κ1) is 26.5. The fraction of sp³-hybridized carbons (Fsp3) is 0.250. The predicted octanol–water partition coefficient (Wildman–Crippen LogP) is 7.90. The summed E-state index contributed by atoms with van der Waals surface area (Å²) in [6.45, 7) is 14.8. The maximum Gasteiger partial charge on any atom is 2.00 e. The molecule has 3 aromatic carbocycles. The van der Waals surface area contributed by atoms with Gasteiger partial charge in [0, 0.05) is 5.56 Å². The van der Waals surface area contributed by atoms with E-state index in [9.17, 15) is 0 Å². The molecule has 0 fully saturated rings. The van der Waals surface area contributed by atoms with E-state index in [1.807, 2.05) is 6.07 Å². The molecule has 0 aliphatic rings. The van der Waals surface area contributed by atoms with Crippen LogP contribution in [0.4, 0.5) is 11.4 Å². The van der Waals surface area contributed by atoms with Crippen molar-refractivity contribution < 1.29 is 16.5 Å². The number of hydrogen-bond acceptors (Lipinski definition) is 2. The van der Waals surface area contributed by atoms with E-state index in [4.69, 9.17) is 9.98 Å². The SMILES string of the molecule is CC(=Nc1c(C)cc(C)cc1C)C(=Nc1c(C)cc(C)cc1C)c1ccccc1.[CH3-].[Ni+2]. The van der Waals surface area contributed by atoms with Gasteiger partial charge in [-0.2, -0.15) is 0 Å². The Morgan fingerprint density at radius 3 is 1.42 bits per heavy atom. The van der Waals surface area contributed by atoms with E-state index in [1.165, 1.54) is 33.4 Å². The van der Waals surface area contributed by atoms with Crippen LogP contribution in [0.3, 0.4) is 0 Å². The number of rotatable bonds is 4. The van der Waals surface area contributed by atoms with E-state index in [1.54, 1.807) is 0 Å². The van der Waals surface area contributed by atoms with Gasteiger partial charge in [-0.25, -0.2) is 4.99 Å². The van der Waals surface area contributed by atoms with E-state index in [2.05, 4.69) is 97.0 Å². The molecule has 0 saturated heterocycles. The molecule has 0 atom stereocenters. The van der Waals surface area contributed by atoms with Crippen LogP contribution in [0.5, 0.6) is 0 Å². The Labute approximate surface area is 198 Å². The van der Waals surface area contributed by atoms with Crippen molar-refractivity contribution in [3.8, 4) is 0 Å². The molecule has 3 heteroatoms. The van der Waals surface area contributed by atoms with Crippen LogP contribution < -0.4 is 0 Å². The van der Waals surface area contributed by atoms with Gasteiger partial charge in [-0.15, -0.1) is 0 Å². The van der Waals surface area contributed by atoms with Crippen molar-refractivity contribution in [2.75, 3.05) is 0 Å². The second-order valence-electron chi connectivity index (χ2n) is 8.02. The first-order valence-corrected chi connectivity index (χ1v) is 10.1. The number of aliphatic imine (C=N–C) groups is 2. The fourth-order valence-corrected chi connectivity index (χ4v) is 3.98. The molecule has 0 unspecified atom stereocenters. The third kappa shape index (κ3) is 6.24. The van der Waals surface area contributed by atoms with Crippen LogP contribution in [0.2, 0.25) is 0 Å². The first-order valence-electron chi connectivity index (χ1n) is 10.1. The Morgan fingerprint density at radius 2 is 1.00 bits per heavy atom. The van der Waals surface area contributed by atoms with Crippen molar-refractivity contribution in [2.24, 2.45) is 9.98 Å². The van der Waals surface area contributed by atoms with Crippen LogP contribution in [-0.2, 0) is 16.5 Å². The fourth-order valence-electron chi connectivity index (χ4n) is 3.98. The molecule has 0 spiro atoms. The Bertz CT molecular complexity index is 1060. The standard InChI is InChI=1S/C27H30N2.CH3.Ni/c1-17-13-19(3)25(20(4)14-17)28-23(7)27(24-11-9-8-10-12-24)29-26-21(5)15-18(2)16-22(26)6;;/h8-16H,1-7H3;1H3;/q;-1;+2. The molecule has 0 amide bonds. The molecule has 3 aromatic rings. The summed E-state index contributed by atoms with van der Waals surface area (Å²) in [6.07, 6.45) is 0. The normalized spacial score (nSPS) is 11.6. The largest absolute Gasteiger partial charge is 2.00 e. The van der Waals surface area contributed by atoms with Gasteiger partial charge < -0.3 is 7.43 Å². The molecule has 0 N–H and O–H groups in total. The van der Waals surface area contributed by atoms with E-state index >= 15 is 0 Å². The maximum atomic E-state index is 5.13. The molecule has 0 saturated carbocycles. The second-order valence-corrected chi connectivity index (χ2v) is 8.02. The molecule has 0 aromatic heterocycles. The zero-order valence-electron chi connectivity index (χ0n) is 19.9. The molecule has 0 heterocycles. The van der Waals surface area contributed by atoms with Gasteiger partial charge in [0.2, 0.25) is 0 Å². The molecular formula is C28H33N2Ni+. The predicted molar refractivity (Wildman–Crippen MR) is 133 cm³/mol. The summed E-state index contributed by atoms with van der Waals surface area (Å²) in [4.78, 5) is 10.2. The molecule has 31 heavy (non-hydrogen) atoms. The van der Waals surface area contributed by atoms with Gasteiger partial charge in [-0.3, -0.25) is 4.99 Å². The molecule has 0 radical (unpaired) electrons.